The van der Waals surface area contributed by atoms with Crippen LogP contribution in [0.5, 0.6) is 11.5 Å². The van der Waals surface area contributed by atoms with Crippen LogP contribution in [0.3, 0.4) is 0 Å². The second-order valence-electron chi connectivity index (χ2n) is 8.90. The third-order valence-electron chi connectivity index (χ3n) is 6.70. The molecule has 2 fully saturated rings. The van der Waals surface area contributed by atoms with Crippen molar-refractivity contribution in [2.75, 3.05) is 78.9 Å². The number of hydrogen-bond acceptors (Lipinski definition) is 6. The largest absolute Gasteiger partial charge is 0.492 e. The molecule has 2 aliphatic rings. The average Bonchev–Trinajstić information content (AvgIpc) is 2.90. The standard InChI is InChI=1S/C28H38N2O4.2ClH/c1-23(25-3-7-27(8-4-25)33-21-15-29-11-17-31-18-12-29)24(2)26-5-9-28(10-6-26)34-22-16-30-13-19-32-20-14-30;;/h3-10H,11-22H2,1-2H3;2*1H/b24-23+;;. The van der Waals surface area contributed by atoms with Gasteiger partial charge >= 0.3 is 0 Å². The predicted molar refractivity (Wildman–Crippen MR) is 151 cm³/mol. The molecule has 0 spiro atoms. The van der Waals surface area contributed by atoms with Crippen LogP contribution in [0.15, 0.2) is 48.5 Å². The minimum atomic E-state index is 0. The monoisotopic (exact) mass is 538 g/mol. The van der Waals surface area contributed by atoms with Gasteiger partial charge in [-0.1, -0.05) is 24.3 Å². The van der Waals surface area contributed by atoms with Crippen molar-refractivity contribution in [2.24, 2.45) is 0 Å². The molecule has 2 heterocycles. The van der Waals surface area contributed by atoms with Crippen LogP contribution in [0.2, 0.25) is 0 Å². The molecule has 0 saturated carbocycles. The molecule has 6 nitrogen and oxygen atoms in total. The Bertz CT molecular complexity index is 835. The molecule has 4 rings (SSSR count). The molecule has 0 atom stereocenters. The molecule has 0 amide bonds. The summed E-state index contributed by atoms with van der Waals surface area (Å²) in [6.45, 7) is 14.9. The van der Waals surface area contributed by atoms with Crippen LogP contribution in [0.1, 0.15) is 25.0 Å². The van der Waals surface area contributed by atoms with Gasteiger partial charge in [-0.15, -0.1) is 24.8 Å². The summed E-state index contributed by atoms with van der Waals surface area (Å²) in [5, 5.41) is 0. The van der Waals surface area contributed by atoms with Gasteiger partial charge in [0.15, 0.2) is 0 Å². The number of halogens is 2. The van der Waals surface area contributed by atoms with E-state index in [1.807, 2.05) is 0 Å². The minimum Gasteiger partial charge on any atom is -0.492 e. The molecular formula is C28H40Cl2N2O4. The molecule has 2 aliphatic heterocycles. The number of ether oxygens (including phenoxy) is 4. The van der Waals surface area contributed by atoms with Crippen LogP contribution in [-0.4, -0.2) is 88.7 Å². The highest BCUT2D eigenvalue weighted by Gasteiger charge is 2.11. The molecule has 0 unspecified atom stereocenters. The molecule has 8 heteroatoms. The minimum absolute atomic E-state index is 0. The van der Waals surface area contributed by atoms with E-state index in [9.17, 15) is 0 Å². The maximum absolute atomic E-state index is 5.95. The molecule has 0 aliphatic carbocycles. The first-order chi connectivity index (χ1) is 16.7. The molecule has 0 bridgehead atoms. The first-order valence-corrected chi connectivity index (χ1v) is 12.4. The van der Waals surface area contributed by atoms with E-state index in [0.717, 1.165) is 77.2 Å². The highest BCUT2D eigenvalue weighted by atomic mass is 35.5. The zero-order valence-corrected chi connectivity index (χ0v) is 23.1. The van der Waals surface area contributed by atoms with Crippen LogP contribution >= 0.6 is 24.8 Å². The van der Waals surface area contributed by atoms with E-state index < -0.39 is 0 Å². The Kier molecular flexibility index (Phi) is 13.6. The fraction of sp³-hybridized carbons (Fsp3) is 0.500. The Morgan fingerprint density at radius 1 is 0.611 bits per heavy atom. The van der Waals surface area contributed by atoms with E-state index in [1.165, 1.54) is 22.3 Å². The number of benzene rings is 2. The highest BCUT2D eigenvalue weighted by Crippen LogP contribution is 2.28. The zero-order chi connectivity index (χ0) is 23.6. The average molecular weight is 540 g/mol. The fourth-order valence-corrected chi connectivity index (χ4v) is 4.27. The predicted octanol–water partition coefficient (Wildman–Crippen LogP) is 4.90. The summed E-state index contributed by atoms with van der Waals surface area (Å²) < 4.78 is 22.7. The first-order valence-electron chi connectivity index (χ1n) is 12.4. The molecule has 2 aromatic rings. The van der Waals surface area contributed by atoms with Crippen LogP contribution < -0.4 is 9.47 Å². The molecular weight excluding hydrogens is 499 g/mol. The second-order valence-corrected chi connectivity index (χ2v) is 8.90. The Labute approximate surface area is 228 Å². The van der Waals surface area contributed by atoms with E-state index in [0.29, 0.717) is 13.2 Å². The van der Waals surface area contributed by atoms with Gasteiger partial charge in [0.1, 0.15) is 24.7 Å². The quantitative estimate of drug-likeness (QED) is 0.400. The lowest BCUT2D eigenvalue weighted by molar-refractivity contribution is 0.0321. The first kappa shape index (κ1) is 30.4. The van der Waals surface area contributed by atoms with Crippen LogP contribution in [0, 0.1) is 0 Å². The molecule has 36 heavy (non-hydrogen) atoms. The summed E-state index contributed by atoms with van der Waals surface area (Å²) in [6, 6.07) is 16.8. The van der Waals surface area contributed by atoms with Crippen molar-refractivity contribution in [3.8, 4) is 11.5 Å². The highest BCUT2D eigenvalue weighted by molar-refractivity contribution is 5.89. The summed E-state index contributed by atoms with van der Waals surface area (Å²) in [4.78, 5) is 4.77. The van der Waals surface area contributed by atoms with Crippen molar-refractivity contribution >= 4 is 36.0 Å². The van der Waals surface area contributed by atoms with Crippen molar-refractivity contribution in [2.45, 2.75) is 13.8 Å². The smallest absolute Gasteiger partial charge is 0.119 e. The molecule has 0 aromatic heterocycles. The van der Waals surface area contributed by atoms with Crippen molar-refractivity contribution in [1.29, 1.82) is 0 Å². The van der Waals surface area contributed by atoms with Crippen LogP contribution in [0.4, 0.5) is 0 Å². The van der Waals surface area contributed by atoms with Gasteiger partial charge in [0.2, 0.25) is 0 Å². The Morgan fingerprint density at radius 3 is 1.28 bits per heavy atom. The second kappa shape index (κ2) is 16.1. The molecule has 2 aromatic carbocycles. The summed E-state index contributed by atoms with van der Waals surface area (Å²) in [5.74, 6) is 1.84. The number of morpholine rings is 2. The molecule has 2 saturated heterocycles. The van der Waals surface area contributed by atoms with Crippen molar-refractivity contribution in [3.63, 3.8) is 0 Å². The molecule has 200 valence electrons. The van der Waals surface area contributed by atoms with Crippen molar-refractivity contribution in [3.05, 3.63) is 59.7 Å². The van der Waals surface area contributed by atoms with E-state index in [4.69, 9.17) is 18.9 Å². The van der Waals surface area contributed by atoms with Gasteiger partial charge in [-0.05, 0) is 60.4 Å². The number of nitrogens with zero attached hydrogens (tertiary/aromatic N) is 2. The molecule has 0 N–H and O–H groups in total. The van der Waals surface area contributed by atoms with Gasteiger partial charge < -0.3 is 18.9 Å². The zero-order valence-electron chi connectivity index (χ0n) is 21.4. The van der Waals surface area contributed by atoms with Crippen molar-refractivity contribution < 1.29 is 18.9 Å². The van der Waals surface area contributed by atoms with Gasteiger partial charge in [-0.25, -0.2) is 0 Å². The fourth-order valence-electron chi connectivity index (χ4n) is 4.27. The summed E-state index contributed by atoms with van der Waals surface area (Å²) in [6.07, 6.45) is 0. The Hall–Kier alpha value is -1.80. The van der Waals surface area contributed by atoms with E-state index in [1.54, 1.807) is 0 Å². The summed E-state index contributed by atoms with van der Waals surface area (Å²) >= 11 is 0. The Morgan fingerprint density at radius 2 is 0.944 bits per heavy atom. The van der Waals surface area contributed by atoms with Gasteiger partial charge in [0, 0.05) is 39.3 Å². The van der Waals surface area contributed by atoms with Crippen LogP contribution in [-0.2, 0) is 9.47 Å². The van der Waals surface area contributed by atoms with E-state index in [-0.39, 0.29) is 24.8 Å². The number of allylic oxidation sites excluding steroid dienone is 2. The normalized spacial score (nSPS) is 17.4. The third kappa shape index (κ3) is 9.25. The SMILES string of the molecule is C/C(=C(/C)c1ccc(OCCN2CCOCC2)cc1)c1ccc(OCCN2CCOCC2)cc1.Cl.Cl. The summed E-state index contributed by atoms with van der Waals surface area (Å²) in [7, 11) is 0. The molecule has 0 radical (unpaired) electrons. The van der Waals surface area contributed by atoms with Gasteiger partial charge in [0.05, 0.1) is 26.4 Å². The lowest BCUT2D eigenvalue weighted by atomic mass is 9.97. The lowest BCUT2D eigenvalue weighted by Crippen LogP contribution is -2.38. The van der Waals surface area contributed by atoms with Gasteiger partial charge in [-0.3, -0.25) is 9.80 Å². The van der Waals surface area contributed by atoms with Crippen molar-refractivity contribution in [1.82, 2.24) is 9.80 Å². The third-order valence-corrected chi connectivity index (χ3v) is 6.70. The number of hydrogen-bond donors (Lipinski definition) is 0. The van der Waals surface area contributed by atoms with Gasteiger partial charge in [-0.2, -0.15) is 0 Å². The topological polar surface area (TPSA) is 43.4 Å². The van der Waals surface area contributed by atoms with Crippen LogP contribution in [0.25, 0.3) is 11.1 Å². The summed E-state index contributed by atoms with van der Waals surface area (Å²) in [5.41, 5.74) is 4.95. The van der Waals surface area contributed by atoms with E-state index in [2.05, 4.69) is 72.2 Å². The van der Waals surface area contributed by atoms with Gasteiger partial charge in [0.25, 0.3) is 0 Å². The van der Waals surface area contributed by atoms with E-state index >= 15 is 0 Å². The maximum Gasteiger partial charge on any atom is 0.119 e. The lowest BCUT2D eigenvalue weighted by Gasteiger charge is -2.26. The maximum atomic E-state index is 5.95. The number of rotatable bonds is 10. The Balaban J connectivity index is 0.00000228.